The van der Waals surface area contributed by atoms with Crippen molar-refractivity contribution in [3.63, 3.8) is 0 Å². The maximum atomic E-state index is 5.88. The molecule has 0 saturated carbocycles. The van der Waals surface area contributed by atoms with Crippen molar-refractivity contribution in [2.24, 2.45) is 4.99 Å². The highest BCUT2D eigenvalue weighted by atomic mass is 127. The van der Waals surface area contributed by atoms with Crippen LogP contribution in [0.1, 0.15) is 24.3 Å². The average Bonchev–Trinajstić information content (AvgIpc) is 2.93. The quantitative estimate of drug-likeness (QED) is 0.365. The molecule has 1 aromatic heterocycles. The lowest BCUT2D eigenvalue weighted by Gasteiger charge is -2.17. The molecule has 1 heterocycles. The molecule has 2 aromatic rings. The van der Waals surface area contributed by atoms with Crippen molar-refractivity contribution < 1.29 is 13.9 Å². The van der Waals surface area contributed by atoms with E-state index in [1.807, 2.05) is 45.0 Å². The van der Waals surface area contributed by atoms with Gasteiger partial charge in [-0.25, -0.2) is 4.98 Å². The summed E-state index contributed by atoms with van der Waals surface area (Å²) < 4.78 is 16.6. The normalized spacial score (nSPS) is 12.1. The predicted octanol–water partition coefficient (Wildman–Crippen LogP) is 3.05. The summed E-state index contributed by atoms with van der Waals surface area (Å²) in [4.78, 5) is 8.52. The fourth-order valence-electron chi connectivity index (χ4n) is 2.18. The average molecular weight is 474 g/mol. The second kappa shape index (κ2) is 10.9. The number of hydrogen-bond donors (Lipinski definition) is 2. The summed E-state index contributed by atoms with van der Waals surface area (Å²) in [6.07, 6.45) is -0.0446. The van der Waals surface area contributed by atoms with Crippen LogP contribution in [-0.2, 0) is 6.54 Å². The van der Waals surface area contributed by atoms with E-state index >= 15 is 0 Å². The number of aliphatic imine (C=N–C) groups is 1. The minimum atomic E-state index is -0.0446. The Labute approximate surface area is 171 Å². The zero-order valence-corrected chi connectivity index (χ0v) is 18.2. The van der Waals surface area contributed by atoms with Crippen molar-refractivity contribution in [2.75, 3.05) is 20.7 Å². The number of methoxy groups -OCH3 is 1. The van der Waals surface area contributed by atoms with Gasteiger partial charge in [-0.3, -0.25) is 4.99 Å². The standard InChI is InChI=1S/C18H26N4O3.HI/c1-12(24-16-8-6-7-15(9-16)23-5)10-20-18(19-4)21-11-17-22-13(2)14(3)25-17;/h6-9,12H,10-11H2,1-5H3,(H2,19,20,21);1H. The Kier molecular flexibility index (Phi) is 9.25. The molecule has 2 rings (SSSR count). The first kappa shape index (κ1) is 22.1. The summed E-state index contributed by atoms with van der Waals surface area (Å²) in [6, 6.07) is 7.54. The molecule has 0 amide bonds. The van der Waals surface area contributed by atoms with E-state index in [2.05, 4.69) is 20.6 Å². The van der Waals surface area contributed by atoms with Crippen LogP contribution in [0.15, 0.2) is 33.7 Å². The Balaban J connectivity index is 0.00000338. The summed E-state index contributed by atoms with van der Waals surface area (Å²) in [6.45, 7) is 6.88. The largest absolute Gasteiger partial charge is 0.497 e. The highest BCUT2D eigenvalue weighted by molar-refractivity contribution is 14.0. The van der Waals surface area contributed by atoms with Gasteiger partial charge in [0, 0.05) is 13.1 Å². The van der Waals surface area contributed by atoms with Crippen LogP contribution < -0.4 is 20.1 Å². The zero-order chi connectivity index (χ0) is 18.2. The SMILES string of the molecule is CN=C(NCc1nc(C)c(C)o1)NCC(C)Oc1cccc(OC)c1.I. The van der Waals surface area contributed by atoms with Crippen molar-refractivity contribution in [1.29, 1.82) is 0 Å². The van der Waals surface area contributed by atoms with E-state index in [1.54, 1.807) is 14.2 Å². The van der Waals surface area contributed by atoms with Crippen molar-refractivity contribution in [1.82, 2.24) is 15.6 Å². The number of ether oxygens (including phenoxy) is 2. The van der Waals surface area contributed by atoms with Gasteiger partial charge in [-0.2, -0.15) is 0 Å². The first-order chi connectivity index (χ1) is 12.0. The highest BCUT2D eigenvalue weighted by Gasteiger charge is 2.09. The van der Waals surface area contributed by atoms with E-state index < -0.39 is 0 Å². The Bertz CT molecular complexity index is 699. The summed E-state index contributed by atoms with van der Waals surface area (Å²) in [7, 11) is 3.35. The maximum absolute atomic E-state index is 5.88. The van der Waals surface area contributed by atoms with Crippen LogP contribution in [0.25, 0.3) is 0 Å². The molecule has 1 atom stereocenters. The maximum Gasteiger partial charge on any atom is 0.214 e. The first-order valence-corrected chi connectivity index (χ1v) is 8.20. The fraction of sp³-hybridized carbons (Fsp3) is 0.444. The van der Waals surface area contributed by atoms with Crippen LogP contribution in [0.3, 0.4) is 0 Å². The molecule has 144 valence electrons. The van der Waals surface area contributed by atoms with Gasteiger partial charge in [0.1, 0.15) is 23.4 Å². The molecular weight excluding hydrogens is 447 g/mol. The Morgan fingerprint density at radius 1 is 1.27 bits per heavy atom. The number of aryl methyl sites for hydroxylation is 2. The molecule has 0 fully saturated rings. The van der Waals surface area contributed by atoms with Crippen LogP contribution in [0, 0.1) is 13.8 Å². The van der Waals surface area contributed by atoms with Gasteiger partial charge in [-0.15, -0.1) is 24.0 Å². The summed E-state index contributed by atoms with van der Waals surface area (Å²) >= 11 is 0. The van der Waals surface area contributed by atoms with Crippen LogP contribution in [0.2, 0.25) is 0 Å². The van der Waals surface area contributed by atoms with Gasteiger partial charge in [-0.05, 0) is 32.9 Å². The second-order valence-corrected chi connectivity index (χ2v) is 5.66. The van der Waals surface area contributed by atoms with Crippen molar-refractivity contribution in [2.45, 2.75) is 33.4 Å². The molecule has 26 heavy (non-hydrogen) atoms. The molecule has 0 saturated heterocycles. The molecule has 0 bridgehead atoms. The summed E-state index contributed by atoms with van der Waals surface area (Å²) in [5.41, 5.74) is 0.903. The molecule has 2 N–H and O–H groups in total. The zero-order valence-electron chi connectivity index (χ0n) is 15.8. The minimum absolute atomic E-state index is 0. The number of hydrogen-bond acceptors (Lipinski definition) is 5. The number of rotatable bonds is 7. The van der Waals surface area contributed by atoms with Gasteiger partial charge >= 0.3 is 0 Å². The number of halogens is 1. The minimum Gasteiger partial charge on any atom is -0.497 e. The summed E-state index contributed by atoms with van der Waals surface area (Å²) in [5, 5.41) is 6.39. The third-order valence-corrected chi connectivity index (χ3v) is 3.64. The number of nitrogens with zero attached hydrogens (tertiary/aromatic N) is 2. The summed E-state index contributed by atoms with van der Waals surface area (Å²) in [5.74, 6) is 3.67. The number of aromatic nitrogens is 1. The van der Waals surface area contributed by atoms with Crippen LogP contribution in [0.4, 0.5) is 0 Å². The molecule has 0 spiro atoms. The van der Waals surface area contributed by atoms with Gasteiger partial charge in [0.2, 0.25) is 5.89 Å². The van der Waals surface area contributed by atoms with E-state index in [4.69, 9.17) is 13.9 Å². The number of guanidine groups is 1. The topological polar surface area (TPSA) is 80.9 Å². The Morgan fingerprint density at radius 3 is 2.62 bits per heavy atom. The lowest BCUT2D eigenvalue weighted by atomic mass is 10.3. The lowest BCUT2D eigenvalue weighted by Crippen LogP contribution is -2.41. The molecule has 8 heteroatoms. The number of nitrogens with one attached hydrogen (secondary N) is 2. The Hall–Kier alpha value is -1.97. The molecule has 0 radical (unpaired) electrons. The van der Waals surface area contributed by atoms with Crippen LogP contribution in [-0.4, -0.2) is 37.7 Å². The smallest absolute Gasteiger partial charge is 0.214 e. The van der Waals surface area contributed by atoms with Gasteiger partial charge in [0.15, 0.2) is 5.96 Å². The third kappa shape index (κ3) is 6.74. The van der Waals surface area contributed by atoms with Gasteiger partial charge in [0.05, 0.1) is 25.9 Å². The molecule has 0 aliphatic carbocycles. The fourth-order valence-corrected chi connectivity index (χ4v) is 2.18. The van der Waals surface area contributed by atoms with Gasteiger partial charge in [0.25, 0.3) is 0 Å². The highest BCUT2D eigenvalue weighted by Crippen LogP contribution is 2.19. The van der Waals surface area contributed by atoms with E-state index in [0.717, 1.165) is 23.0 Å². The molecule has 1 aromatic carbocycles. The van der Waals surface area contributed by atoms with Crippen molar-refractivity contribution in [3.05, 3.63) is 41.6 Å². The van der Waals surface area contributed by atoms with E-state index in [9.17, 15) is 0 Å². The van der Waals surface area contributed by atoms with Crippen LogP contribution >= 0.6 is 24.0 Å². The predicted molar refractivity (Wildman–Crippen MR) is 113 cm³/mol. The molecule has 1 unspecified atom stereocenters. The second-order valence-electron chi connectivity index (χ2n) is 5.66. The van der Waals surface area contributed by atoms with Gasteiger partial charge in [-0.1, -0.05) is 6.07 Å². The van der Waals surface area contributed by atoms with Crippen molar-refractivity contribution in [3.8, 4) is 11.5 Å². The monoisotopic (exact) mass is 474 g/mol. The van der Waals surface area contributed by atoms with E-state index in [1.165, 1.54) is 0 Å². The van der Waals surface area contributed by atoms with Crippen molar-refractivity contribution >= 4 is 29.9 Å². The molecule has 0 aliphatic heterocycles. The first-order valence-electron chi connectivity index (χ1n) is 8.20. The van der Waals surface area contributed by atoms with E-state index in [0.29, 0.717) is 24.9 Å². The van der Waals surface area contributed by atoms with E-state index in [-0.39, 0.29) is 30.1 Å². The lowest BCUT2D eigenvalue weighted by molar-refractivity contribution is 0.223. The molecule has 7 nitrogen and oxygen atoms in total. The molecule has 0 aliphatic rings. The van der Waals surface area contributed by atoms with Crippen LogP contribution in [0.5, 0.6) is 11.5 Å². The third-order valence-electron chi connectivity index (χ3n) is 3.64. The molecular formula is C18H27IN4O3. The number of benzene rings is 1. The van der Waals surface area contributed by atoms with Gasteiger partial charge < -0.3 is 24.5 Å². The number of oxazole rings is 1. The Morgan fingerprint density at radius 2 is 2.00 bits per heavy atom.